The summed E-state index contributed by atoms with van der Waals surface area (Å²) in [5.74, 6) is 0.00618. The number of ether oxygens (including phenoxy) is 1. The summed E-state index contributed by atoms with van der Waals surface area (Å²) in [6, 6.07) is 3.27. The number of halogens is 2. The predicted molar refractivity (Wildman–Crippen MR) is 77.8 cm³/mol. The third kappa shape index (κ3) is 3.48. The second-order valence-corrected chi connectivity index (χ2v) is 4.98. The highest BCUT2D eigenvalue weighted by Gasteiger charge is 2.13. The van der Waals surface area contributed by atoms with Gasteiger partial charge in [0.25, 0.3) is 0 Å². The molecule has 1 fully saturated rings. The van der Waals surface area contributed by atoms with Crippen molar-refractivity contribution in [3.63, 3.8) is 0 Å². The molecule has 0 radical (unpaired) electrons. The molecule has 0 aliphatic carbocycles. The number of piperazine rings is 1. The van der Waals surface area contributed by atoms with E-state index < -0.39 is 11.6 Å². The number of rotatable bonds is 4. The van der Waals surface area contributed by atoms with Crippen molar-refractivity contribution in [1.29, 1.82) is 0 Å². The molecule has 0 atom stereocenters. The van der Waals surface area contributed by atoms with Crippen molar-refractivity contribution in [3.05, 3.63) is 47.8 Å². The summed E-state index contributed by atoms with van der Waals surface area (Å²) >= 11 is 0. The molecule has 1 aliphatic heterocycles. The summed E-state index contributed by atoms with van der Waals surface area (Å²) in [4.78, 5) is 10.6. The molecule has 1 aromatic heterocycles. The van der Waals surface area contributed by atoms with Crippen LogP contribution in [0.3, 0.4) is 0 Å². The van der Waals surface area contributed by atoms with Gasteiger partial charge in [-0.1, -0.05) is 0 Å². The van der Waals surface area contributed by atoms with Crippen LogP contribution in [0.25, 0.3) is 0 Å². The molecule has 116 valence electrons. The molecular formula is C15H16F2N4O. The molecule has 1 aromatic carbocycles. The van der Waals surface area contributed by atoms with Crippen molar-refractivity contribution in [2.45, 2.75) is 6.61 Å². The van der Waals surface area contributed by atoms with E-state index in [2.05, 4.69) is 20.2 Å². The van der Waals surface area contributed by atoms with E-state index in [4.69, 9.17) is 4.74 Å². The molecule has 22 heavy (non-hydrogen) atoms. The molecule has 1 saturated heterocycles. The molecule has 0 amide bonds. The number of anilines is 1. The Morgan fingerprint density at radius 2 is 2.00 bits per heavy atom. The molecule has 2 heterocycles. The monoisotopic (exact) mass is 306 g/mol. The van der Waals surface area contributed by atoms with Crippen LogP contribution in [0.1, 0.15) is 5.56 Å². The SMILES string of the molecule is Fc1ccc(F)c(COc2cncc(N3CCNCC3)n2)c1. The lowest BCUT2D eigenvalue weighted by atomic mass is 10.2. The highest BCUT2D eigenvalue weighted by Crippen LogP contribution is 2.17. The zero-order valence-electron chi connectivity index (χ0n) is 11.9. The molecule has 2 aromatic rings. The molecule has 0 bridgehead atoms. The van der Waals surface area contributed by atoms with Gasteiger partial charge < -0.3 is 15.0 Å². The fraction of sp³-hybridized carbons (Fsp3) is 0.333. The molecule has 0 spiro atoms. The highest BCUT2D eigenvalue weighted by molar-refractivity contribution is 5.38. The normalized spacial score (nSPS) is 14.9. The second-order valence-electron chi connectivity index (χ2n) is 4.98. The molecule has 0 unspecified atom stereocenters. The Bertz CT molecular complexity index is 647. The van der Waals surface area contributed by atoms with Gasteiger partial charge in [-0.25, -0.2) is 8.78 Å². The topological polar surface area (TPSA) is 50.3 Å². The first-order valence-corrected chi connectivity index (χ1v) is 7.07. The summed E-state index contributed by atoms with van der Waals surface area (Å²) in [5.41, 5.74) is 0.148. The van der Waals surface area contributed by atoms with E-state index in [1.807, 2.05) is 0 Å². The fourth-order valence-electron chi connectivity index (χ4n) is 2.26. The Balaban J connectivity index is 1.68. The third-order valence-electron chi connectivity index (χ3n) is 3.42. The maximum Gasteiger partial charge on any atom is 0.234 e. The van der Waals surface area contributed by atoms with E-state index >= 15 is 0 Å². The van der Waals surface area contributed by atoms with Gasteiger partial charge in [-0.3, -0.25) is 4.98 Å². The minimum absolute atomic E-state index is 0.0940. The molecule has 1 N–H and O–H groups in total. The summed E-state index contributed by atoms with van der Waals surface area (Å²) in [6.45, 7) is 3.37. The van der Waals surface area contributed by atoms with Crippen molar-refractivity contribution >= 4 is 5.82 Å². The lowest BCUT2D eigenvalue weighted by molar-refractivity contribution is 0.286. The van der Waals surface area contributed by atoms with Gasteiger partial charge >= 0.3 is 0 Å². The maximum atomic E-state index is 13.5. The van der Waals surface area contributed by atoms with Gasteiger partial charge in [-0.2, -0.15) is 4.98 Å². The Morgan fingerprint density at radius 1 is 1.18 bits per heavy atom. The zero-order valence-corrected chi connectivity index (χ0v) is 11.9. The second kappa shape index (κ2) is 6.65. The van der Waals surface area contributed by atoms with Crippen molar-refractivity contribution in [3.8, 4) is 5.88 Å². The molecule has 3 rings (SSSR count). The van der Waals surface area contributed by atoms with Gasteiger partial charge in [0.15, 0.2) is 5.82 Å². The van der Waals surface area contributed by atoms with E-state index in [-0.39, 0.29) is 12.2 Å². The maximum absolute atomic E-state index is 13.5. The molecular weight excluding hydrogens is 290 g/mol. The van der Waals surface area contributed by atoms with Crippen molar-refractivity contribution in [2.24, 2.45) is 0 Å². The largest absolute Gasteiger partial charge is 0.472 e. The van der Waals surface area contributed by atoms with Gasteiger partial charge in [0.2, 0.25) is 5.88 Å². The van der Waals surface area contributed by atoms with E-state index in [0.29, 0.717) is 5.88 Å². The average Bonchev–Trinajstić information content (AvgIpc) is 2.57. The standard InChI is InChI=1S/C15H16F2N4O/c16-12-1-2-13(17)11(7-12)10-22-15-9-19-8-14(20-15)21-5-3-18-4-6-21/h1-2,7-9,18H,3-6,10H2. The molecule has 1 aliphatic rings. The van der Waals surface area contributed by atoms with Gasteiger partial charge in [0.05, 0.1) is 12.4 Å². The number of aromatic nitrogens is 2. The fourth-order valence-corrected chi connectivity index (χ4v) is 2.26. The molecule has 7 heteroatoms. The lowest BCUT2D eigenvalue weighted by Crippen LogP contribution is -2.43. The minimum Gasteiger partial charge on any atom is -0.472 e. The Labute approximate surface area is 127 Å². The first-order chi connectivity index (χ1) is 10.7. The first-order valence-electron chi connectivity index (χ1n) is 7.07. The Morgan fingerprint density at radius 3 is 2.82 bits per heavy atom. The van der Waals surface area contributed by atoms with Crippen LogP contribution in [-0.2, 0) is 6.61 Å². The van der Waals surface area contributed by atoms with Crippen LogP contribution in [0, 0.1) is 11.6 Å². The summed E-state index contributed by atoms with van der Waals surface area (Å²) in [6.07, 6.45) is 3.13. The number of benzene rings is 1. The summed E-state index contributed by atoms with van der Waals surface area (Å²) < 4.78 is 32.1. The van der Waals surface area contributed by atoms with Crippen LogP contribution >= 0.6 is 0 Å². The van der Waals surface area contributed by atoms with Crippen molar-refractivity contribution in [1.82, 2.24) is 15.3 Å². The van der Waals surface area contributed by atoms with Crippen molar-refractivity contribution in [2.75, 3.05) is 31.1 Å². The van der Waals surface area contributed by atoms with Gasteiger partial charge in [-0.05, 0) is 18.2 Å². The van der Waals surface area contributed by atoms with E-state index in [1.165, 1.54) is 6.20 Å². The summed E-state index contributed by atoms with van der Waals surface area (Å²) in [5, 5.41) is 3.26. The third-order valence-corrected chi connectivity index (χ3v) is 3.42. The van der Waals surface area contributed by atoms with E-state index in [1.54, 1.807) is 6.20 Å². The first kappa shape index (κ1) is 14.6. The van der Waals surface area contributed by atoms with Crippen LogP contribution in [0.4, 0.5) is 14.6 Å². The van der Waals surface area contributed by atoms with Gasteiger partial charge in [0, 0.05) is 31.7 Å². The quantitative estimate of drug-likeness (QED) is 0.932. The van der Waals surface area contributed by atoms with E-state index in [9.17, 15) is 8.78 Å². The van der Waals surface area contributed by atoms with Gasteiger partial charge in [-0.15, -0.1) is 0 Å². The number of hydrogen-bond donors (Lipinski definition) is 1. The Hall–Kier alpha value is -2.28. The average molecular weight is 306 g/mol. The van der Waals surface area contributed by atoms with E-state index in [0.717, 1.165) is 50.2 Å². The van der Waals surface area contributed by atoms with Crippen LogP contribution < -0.4 is 15.0 Å². The van der Waals surface area contributed by atoms with Gasteiger partial charge in [0.1, 0.15) is 18.2 Å². The summed E-state index contributed by atoms with van der Waals surface area (Å²) in [7, 11) is 0. The highest BCUT2D eigenvalue weighted by atomic mass is 19.1. The number of hydrogen-bond acceptors (Lipinski definition) is 5. The molecule has 5 nitrogen and oxygen atoms in total. The van der Waals surface area contributed by atoms with Crippen LogP contribution in [0.5, 0.6) is 5.88 Å². The minimum atomic E-state index is -0.507. The van der Waals surface area contributed by atoms with Crippen LogP contribution in [-0.4, -0.2) is 36.1 Å². The van der Waals surface area contributed by atoms with Crippen LogP contribution in [0.15, 0.2) is 30.6 Å². The molecule has 0 saturated carbocycles. The smallest absolute Gasteiger partial charge is 0.234 e. The predicted octanol–water partition coefficient (Wildman–Crippen LogP) is 1.74. The lowest BCUT2D eigenvalue weighted by Gasteiger charge is -2.28. The zero-order chi connectivity index (χ0) is 15.4. The van der Waals surface area contributed by atoms with Crippen LogP contribution in [0.2, 0.25) is 0 Å². The Kier molecular flexibility index (Phi) is 4.43. The van der Waals surface area contributed by atoms with Crippen molar-refractivity contribution < 1.29 is 13.5 Å². The number of nitrogens with zero attached hydrogens (tertiary/aromatic N) is 3. The number of nitrogens with one attached hydrogen (secondary N) is 1.